The fourth-order valence-corrected chi connectivity index (χ4v) is 1.47. The van der Waals surface area contributed by atoms with Gasteiger partial charge < -0.3 is 0 Å². The maximum absolute atomic E-state index is 12.6. The van der Waals surface area contributed by atoms with Gasteiger partial charge in [-0.25, -0.2) is 4.39 Å². The van der Waals surface area contributed by atoms with E-state index in [0.29, 0.717) is 0 Å². The second-order valence-electron chi connectivity index (χ2n) is 3.26. The molecule has 0 spiro atoms. The summed E-state index contributed by atoms with van der Waals surface area (Å²) < 4.78 is 12.6. The third-order valence-corrected chi connectivity index (χ3v) is 3.01. The number of halogens is 2. The lowest BCUT2D eigenvalue weighted by Gasteiger charge is -2.16. The van der Waals surface area contributed by atoms with Crippen LogP contribution in [0.1, 0.15) is 31.7 Å². The Balaban J connectivity index is 2.77. The Morgan fingerprint density at radius 3 is 2.31 bits per heavy atom. The van der Waals surface area contributed by atoms with Gasteiger partial charge in [-0.3, -0.25) is 0 Å². The van der Waals surface area contributed by atoms with Crippen molar-refractivity contribution in [1.29, 1.82) is 0 Å². The molecule has 0 aliphatic carbocycles. The molecule has 2 heteroatoms. The molecule has 72 valence electrons. The van der Waals surface area contributed by atoms with E-state index < -0.39 is 0 Å². The predicted octanol–water partition coefficient (Wildman–Crippen LogP) is 3.95. The fourth-order valence-electron chi connectivity index (χ4n) is 1.33. The molecule has 1 aromatic carbocycles. The van der Waals surface area contributed by atoms with Crippen LogP contribution in [0.25, 0.3) is 0 Å². The highest BCUT2D eigenvalue weighted by Gasteiger charge is 2.13. The fraction of sp³-hybridized carbons (Fsp3) is 0.455. The summed E-state index contributed by atoms with van der Waals surface area (Å²) in [5, 5.41) is 0.130. The van der Waals surface area contributed by atoms with Crippen molar-refractivity contribution >= 4 is 11.6 Å². The number of hydrogen-bond acceptors (Lipinski definition) is 0. The lowest BCUT2D eigenvalue weighted by atomic mass is 9.96. The highest BCUT2D eigenvalue weighted by molar-refractivity contribution is 6.21. The molecule has 0 saturated heterocycles. The van der Waals surface area contributed by atoms with Crippen LogP contribution in [0, 0.1) is 5.82 Å². The standard InChI is InChI=1S/C11H14ClF/c1-3-11(12)8(2)9-4-6-10(13)7-5-9/h4-8,11H,3H2,1-2H3. The maximum atomic E-state index is 12.6. The first-order valence-corrected chi connectivity index (χ1v) is 4.98. The molecule has 13 heavy (non-hydrogen) atoms. The van der Waals surface area contributed by atoms with Crippen molar-refractivity contribution in [1.82, 2.24) is 0 Å². The van der Waals surface area contributed by atoms with Crippen LogP contribution in [0.5, 0.6) is 0 Å². The maximum Gasteiger partial charge on any atom is 0.123 e. The van der Waals surface area contributed by atoms with E-state index >= 15 is 0 Å². The number of rotatable bonds is 3. The molecule has 0 radical (unpaired) electrons. The Hall–Kier alpha value is -0.560. The number of benzene rings is 1. The number of hydrogen-bond donors (Lipinski definition) is 0. The average molecular weight is 201 g/mol. The van der Waals surface area contributed by atoms with E-state index in [4.69, 9.17) is 11.6 Å². The molecular formula is C11H14ClF. The zero-order chi connectivity index (χ0) is 9.84. The van der Waals surface area contributed by atoms with Crippen molar-refractivity contribution in [3.05, 3.63) is 35.6 Å². The molecule has 0 aliphatic heterocycles. The predicted molar refractivity (Wildman–Crippen MR) is 54.7 cm³/mol. The summed E-state index contributed by atoms with van der Waals surface area (Å²) in [6.07, 6.45) is 0.931. The van der Waals surface area contributed by atoms with Crippen LogP contribution in [0.2, 0.25) is 0 Å². The van der Waals surface area contributed by atoms with Gasteiger partial charge in [0.25, 0.3) is 0 Å². The highest BCUT2D eigenvalue weighted by Crippen LogP contribution is 2.25. The third kappa shape index (κ3) is 2.70. The first kappa shape index (κ1) is 10.5. The summed E-state index contributed by atoms with van der Waals surface area (Å²) in [4.78, 5) is 0. The minimum Gasteiger partial charge on any atom is -0.207 e. The van der Waals surface area contributed by atoms with Gasteiger partial charge in [0.1, 0.15) is 5.82 Å². The zero-order valence-electron chi connectivity index (χ0n) is 7.93. The van der Waals surface area contributed by atoms with Gasteiger partial charge in [-0.15, -0.1) is 11.6 Å². The Bertz CT molecular complexity index is 255. The molecule has 0 N–H and O–H groups in total. The molecule has 0 fully saturated rings. The second-order valence-corrected chi connectivity index (χ2v) is 3.83. The molecule has 1 aromatic rings. The first-order chi connectivity index (χ1) is 6.15. The van der Waals surface area contributed by atoms with E-state index in [0.717, 1.165) is 12.0 Å². The molecular weight excluding hydrogens is 187 g/mol. The summed E-state index contributed by atoms with van der Waals surface area (Å²) in [7, 11) is 0. The topological polar surface area (TPSA) is 0 Å². The minimum atomic E-state index is -0.196. The quantitative estimate of drug-likeness (QED) is 0.649. The summed E-state index contributed by atoms with van der Waals surface area (Å²) >= 11 is 6.10. The number of alkyl halides is 1. The summed E-state index contributed by atoms with van der Waals surface area (Å²) in [5.74, 6) is 0.0887. The van der Waals surface area contributed by atoms with Gasteiger partial charge in [0, 0.05) is 5.38 Å². The van der Waals surface area contributed by atoms with E-state index in [1.807, 2.05) is 0 Å². The molecule has 0 amide bonds. The normalized spacial score (nSPS) is 15.4. The SMILES string of the molecule is CCC(Cl)C(C)c1ccc(F)cc1. The Labute approximate surface area is 83.7 Å². The van der Waals surface area contributed by atoms with Gasteiger partial charge >= 0.3 is 0 Å². The highest BCUT2D eigenvalue weighted by atomic mass is 35.5. The minimum absolute atomic E-state index is 0.130. The molecule has 2 unspecified atom stereocenters. The van der Waals surface area contributed by atoms with Crippen LogP contribution >= 0.6 is 11.6 Å². The van der Waals surface area contributed by atoms with E-state index in [9.17, 15) is 4.39 Å². The molecule has 1 rings (SSSR count). The van der Waals surface area contributed by atoms with Gasteiger partial charge in [-0.2, -0.15) is 0 Å². The van der Waals surface area contributed by atoms with Gasteiger partial charge in [0.2, 0.25) is 0 Å². The molecule has 0 aliphatic rings. The van der Waals surface area contributed by atoms with Gasteiger partial charge in [-0.1, -0.05) is 26.0 Å². The van der Waals surface area contributed by atoms with Crippen molar-refractivity contribution in [2.45, 2.75) is 31.6 Å². The van der Waals surface area contributed by atoms with Crippen molar-refractivity contribution in [2.75, 3.05) is 0 Å². The average Bonchev–Trinajstić information content (AvgIpc) is 2.17. The van der Waals surface area contributed by atoms with Crippen molar-refractivity contribution < 1.29 is 4.39 Å². The summed E-state index contributed by atoms with van der Waals surface area (Å²) in [6, 6.07) is 6.55. The molecule has 0 bridgehead atoms. The van der Waals surface area contributed by atoms with Crippen LogP contribution in [0.4, 0.5) is 4.39 Å². The van der Waals surface area contributed by atoms with Gasteiger partial charge in [-0.05, 0) is 30.0 Å². The van der Waals surface area contributed by atoms with Crippen molar-refractivity contribution in [3.8, 4) is 0 Å². The third-order valence-electron chi connectivity index (χ3n) is 2.33. The van der Waals surface area contributed by atoms with Crippen molar-refractivity contribution in [3.63, 3.8) is 0 Å². The Kier molecular flexibility index (Phi) is 3.73. The molecule has 2 atom stereocenters. The van der Waals surface area contributed by atoms with E-state index in [1.54, 1.807) is 12.1 Å². The van der Waals surface area contributed by atoms with E-state index in [2.05, 4.69) is 13.8 Å². The van der Waals surface area contributed by atoms with Gasteiger partial charge in [0.05, 0.1) is 0 Å². The summed E-state index contributed by atoms with van der Waals surface area (Å²) in [5.41, 5.74) is 1.10. The van der Waals surface area contributed by atoms with Crippen LogP contribution in [0.15, 0.2) is 24.3 Å². The van der Waals surface area contributed by atoms with Crippen LogP contribution in [-0.4, -0.2) is 5.38 Å². The van der Waals surface area contributed by atoms with Crippen molar-refractivity contribution in [2.24, 2.45) is 0 Å². The zero-order valence-corrected chi connectivity index (χ0v) is 8.68. The van der Waals surface area contributed by atoms with Crippen LogP contribution in [-0.2, 0) is 0 Å². The van der Waals surface area contributed by atoms with Crippen LogP contribution in [0.3, 0.4) is 0 Å². The molecule has 0 saturated carbocycles. The Morgan fingerprint density at radius 1 is 1.31 bits per heavy atom. The lowest BCUT2D eigenvalue weighted by Crippen LogP contribution is -2.07. The van der Waals surface area contributed by atoms with E-state index in [1.165, 1.54) is 12.1 Å². The Morgan fingerprint density at radius 2 is 1.85 bits per heavy atom. The van der Waals surface area contributed by atoms with Gasteiger partial charge in [0.15, 0.2) is 0 Å². The second kappa shape index (κ2) is 4.61. The van der Waals surface area contributed by atoms with E-state index in [-0.39, 0.29) is 17.1 Å². The summed E-state index contributed by atoms with van der Waals surface area (Å²) in [6.45, 7) is 4.12. The first-order valence-electron chi connectivity index (χ1n) is 4.54. The smallest absolute Gasteiger partial charge is 0.123 e. The van der Waals surface area contributed by atoms with Crippen LogP contribution < -0.4 is 0 Å². The molecule has 0 nitrogen and oxygen atoms in total. The molecule has 0 heterocycles. The largest absolute Gasteiger partial charge is 0.207 e. The molecule has 0 aromatic heterocycles. The monoisotopic (exact) mass is 200 g/mol. The lowest BCUT2D eigenvalue weighted by molar-refractivity contribution is 0.622.